The van der Waals surface area contributed by atoms with E-state index in [-0.39, 0.29) is 24.4 Å². The molecule has 0 amide bonds. The molecule has 0 saturated carbocycles. The molecule has 0 aliphatic carbocycles. The summed E-state index contributed by atoms with van der Waals surface area (Å²) in [5.74, 6) is 0.163. The van der Waals surface area contributed by atoms with Crippen LogP contribution >= 0.6 is 0 Å². The Morgan fingerprint density at radius 3 is 2.36 bits per heavy atom. The fourth-order valence-corrected chi connectivity index (χ4v) is 3.11. The Kier molecular flexibility index (Phi) is 5.67. The summed E-state index contributed by atoms with van der Waals surface area (Å²) >= 11 is 0. The Bertz CT molecular complexity index is 802. The number of ether oxygens (including phenoxy) is 2. The number of rotatable bonds is 6. The molecule has 0 aliphatic heterocycles. The van der Waals surface area contributed by atoms with E-state index in [2.05, 4.69) is 18.4 Å². The van der Waals surface area contributed by atoms with Crippen molar-refractivity contribution in [1.82, 2.24) is 4.57 Å². The van der Waals surface area contributed by atoms with Crippen molar-refractivity contribution >= 4 is 11.8 Å². The highest BCUT2D eigenvalue weighted by Crippen LogP contribution is 2.24. The van der Waals surface area contributed by atoms with Crippen LogP contribution in [0.2, 0.25) is 0 Å². The standard InChI is InChI=1S/C20H25NO4/c1-12(2)21-13(3)9-18(14(21)4)20(23)25-11-17-10-16(15(5)22)7-8-19(17)24-6/h7-10,12H,11H2,1-6H3. The Morgan fingerprint density at radius 2 is 1.84 bits per heavy atom. The molecule has 2 aromatic rings. The number of methoxy groups -OCH3 is 1. The number of benzene rings is 1. The maximum atomic E-state index is 12.5. The zero-order valence-electron chi connectivity index (χ0n) is 15.7. The van der Waals surface area contributed by atoms with Crippen molar-refractivity contribution in [3.63, 3.8) is 0 Å². The van der Waals surface area contributed by atoms with Crippen molar-refractivity contribution in [3.05, 3.63) is 52.3 Å². The van der Waals surface area contributed by atoms with Crippen molar-refractivity contribution in [2.75, 3.05) is 7.11 Å². The molecule has 0 radical (unpaired) electrons. The molecule has 1 aromatic carbocycles. The molecule has 134 valence electrons. The molecule has 1 aromatic heterocycles. The summed E-state index contributed by atoms with van der Waals surface area (Å²) in [7, 11) is 1.55. The van der Waals surface area contributed by atoms with Crippen LogP contribution < -0.4 is 4.74 Å². The lowest BCUT2D eigenvalue weighted by Crippen LogP contribution is -2.10. The van der Waals surface area contributed by atoms with E-state index in [0.29, 0.717) is 22.4 Å². The second-order valence-electron chi connectivity index (χ2n) is 6.41. The predicted octanol–water partition coefficient (Wildman–Crippen LogP) is 4.25. The minimum absolute atomic E-state index is 0.0456. The Labute approximate surface area is 148 Å². The molecule has 25 heavy (non-hydrogen) atoms. The summed E-state index contributed by atoms with van der Waals surface area (Å²) in [4.78, 5) is 24.1. The number of aromatic nitrogens is 1. The van der Waals surface area contributed by atoms with Gasteiger partial charge < -0.3 is 14.0 Å². The summed E-state index contributed by atoms with van der Waals surface area (Å²) in [6.07, 6.45) is 0. The molecule has 0 N–H and O–H groups in total. The van der Waals surface area contributed by atoms with Crippen LogP contribution in [0.3, 0.4) is 0 Å². The summed E-state index contributed by atoms with van der Waals surface area (Å²) < 4.78 is 12.9. The summed E-state index contributed by atoms with van der Waals surface area (Å²) in [6, 6.07) is 7.23. The zero-order chi connectivity index (χ0) is 18.7. The molecule has 0 spiro atoms. The fourth-order valence-electron chi connectivity index (χ4n) is 3.11. The third kappa shape index (κ3) is 3.92. The molecule has 0 fully saturated rings. The van der Waals surface area contributed by atoms with Crippen molar-refractivity contribution in [2.24, 2.45) is 0 Å². The molecule has 0 bridgehead atoms. The highest BCUT2D eigenvalue weighted by Gasteiger charge is 2.19. The van der Waals surface area contributed by atoms with Crippen LogP contribution in [0.4, 0.5) is 0 Å². The SMILES string of the molecule is COc1ccc(C(C)=O)cc1COC(=O)c1cc(C)n(C(C)C)c1C. The van der Waals surface area contributed by atoms with E-state index in [0.717, 1.165) is 11.4 Å². The minimum Gasteiger partial charge on any atom is -0.496 e. The van der Waals surface area contributed by atoms with E-state index in [1.54, 1.807) is 25.3 Å². The fraction of sp³-hybridized carbons (Fsp3) is 0.400. The molecule has 0 saturated heterocycles. The van der Waals surface area contributed by atoms with E-state index in [4.69, 9.17) is 9.47 Å². The number of carbonyl (C=O) groups excluding carboxylic acids is 2. The lowest BCUT2D eigenvalue weighted by molar-refractivity contribution is 0.0469. The van der Waals surface area contributed by atoms with Crippen molar-refractivity contribution in [2.45, 2.75) is 47.3 Å². The van der Waals surface area contributed by atoms with Crippen LogP contribution in [-0.4, -0.2) is 23.4 Å². The highest BCUT2D eigenvalue weighted by molar-refractivity contribution is 5.94. The van der Waals surface area contributed by atoms with Crippen LogP contribution in [0.25, 0.3) is 0 Å². The number of esters is 1. The minimum atomic E-state index is -0.379. The Morgan fingerprint density at radius 1 is 1.16 bits per heavy atom. The third-order valence-electron chi connectivity index (χ3n) is 4.27. The molecular formula is C20H25NO4. The number of ketones is 1. The smallest absolute Gasteiger partial charge is 0.340 e. The molecule has 1 heterocycles. The normalized spacial score (nSPS) is 10.8. The highest BCUT2D eigenvalue weighted by atomic mass is 16.5. The van der Waals surface area contributed by atoms with Crippen molar-refractivity contribution in [1.29, 1.82) is 0 Å². The third-order valence-corrected chi connectivity index (χ3v) is 4.27. The van der Waals surface area contributed by atoms with Crippen LogP contribution in [0, 0.1) is 13.8 Å². The second kappa shape index (κ2) is 7.55. The van der Waals surface area contributed by atoms with Gasteiger partial charge in [-0.3, -0.25) is 4.79 Å². The number of hydrogen-bond acceptors (Lipinski definition) is 4. The first-order chi connectivity index (χ1) is 11.8. The van der Waals surface area contributed by atoms with Crippen molar-refractivity contribution < 1.29 is 19.1 Å². The largest absolute Gasteiger partial charge is 0.496 e. The van der Waals surface area contributed by atoms with Gasteiger partial charge in [0.25, 0.3) is 0 Å². The van der Waals surface area contributed by atoms with Crippen LogP contribution in [0.5, 0.6) is 5.75 Å². The van der Waals surface area contributed by atoms with Gasteiger partial charge in [0.05, 0.1) is 12.7 Å². The van der Waals surface area contributed by atoms with Gasteiger partial charge in [0.15, 0.2) is 5.78 Å². The summed E-state index contributed by atoms with van der Waals surface area (Å²) in [5.41, 5.74) is 3.71. The van der Waals surface area contributed by atoms with Gasteiger partial charge >= 0.3 is 5.97 Å². The molecule has 0 unspecified atom stereocenters. The van der Waals surface area contributed by atoms with Gasteiger partial charge in [0.2, 0.25) is 0 Å². The van der Waals surface area contributed by atoms with Gasteiger partial charge in [0.1, 0.15) is 12.4 Å². The number of hydrogen-bond donors (Lipinski definition) is 0. The lowest BCUT2D eigenvalue weighted by atomic mass is 10.1. The monoisotopic (exact) mass is 343 g/mol. The first-order valence-corrected chi connectivity index (χ1v) is 8.29. The number of carbonyl (C=O) groups is 2. The average Bonchev–Trinajstić information content (AvgIpc) is 2.86. The molecule has 0 aliphatic rings. The predicted molar refractivity (Wildman–Crippen MR) is 96.4 cm³/mol. The zero-order valence-corrected chi connectivity index (χ0v) is 15.7. The molecule has 0 atom stereocenters. The topological polar surface area (TPSA) is 57.5 Å². The van der Waals surface area contributed by atoms with Gasteiger partial charge in [-0.25, -0.2) is 4.79 Å². The Balaban J connectivity index is 2.22. The van der Waals surface area contributed by atoms with Gasteiger partial charge in [-0.05, 0) is 58.9 Å². The van der Waals surface area contributed by atoms with Crippen LogP contribution in [0.1, 0.15) is 64.5 Å². The van der Waals surface area contributed by atoms with E-state index >= 15 is 0 Å². The van der Waals surface area contributed by atoms with Crippen LogP contribution in [0.15, 0.2) is 24.3 Å². The number of nitrogens with zero attached hydrogens (tertiary/aromatic N) is 1. The van der Waals surface area contributed by atoms with Gasteiger partial charge in [-0.2, -0.15) is 0 Å². The van der Waals surface area contributed by atoms with E-state index in [9.17, 15) is 9.59 Å². The number of Topliss-reactive ketones (excluding diaryl/α,β-unsaturated/α-hetero) is 1. The number of aryl methyl sites for hydroxylation is 1. The molecule has 5 heteroatoms. The molecule has 2 rings (SSSR count). The van der Waals surface area contributed by atoms with Gasteiger partial charge in [-0.15, -0.1) is 0 Å². The van der Waals surface area contributed by atoms with Gasteiger partial charge in [-0.1, -0.05) is 0 Å². The summed E-state index contributed by atoms with van der Waals surface area (Å²) in [5, 5.41) is 0. The van der Waals surface area contributed by atoms with E-state index in [1.165, 1.54) is 6.92 Å². The first-order valence-electron chi connectivity index (χ1n) is 8.29. The lowest BCUT2D eigenvalue weighted by Gasteiger charge is -2.14. The van der Waals surface area contributed by atoms with Crippen LogP contribution in [-0.2, 0) is 11.3 Å². The average molecular weight is 343 g/mol. The maximum absolute atomic E-state index is 12.5. The van der Waals surface area contributed by atoms with E-state index in [1.807, 2.05) is 19.9 Å². The Hall–Kier alpha value is -2.56. The molecular weight excluding hydrogens is 318 g/mol. The molecule has 5 nitrogen and oxygen atoms in total. The maximum Gasteiger partial charge on any atom is 0.340 e. The second-order valence-corrected chi connectivity index (χ2v) is 6.41. The summed E-state index contributed by atoms with van der Waals surface area (Å²) in [6.45, 7) is 9.59. The first kappa shape index (κ1) is 18.8. The quantitative estimate of drug-likeness (QED) is 0.581. The van der Waals surface area contributed by atoms with Gasteiger partial charge in [0, 0.05) is 28.6 Å². The van der Waals surface area contributed by atoms with E-state index < -0.39 is 0 Å². The van der Waals surface area contributed by atoms with Crippen molar-refractivity contribution in [3.8, 4) is 5.75 Å².